The fourth-order valence-electron chi connectivity index (χ4n) is 4.01. The number of hydrogen-bond donors (Lipinski definition) is 0. The zero-order chi connectivity index (χ0) is 25.9. The average Bonchev–Trinajstić information content (AvgIpc) is 2.91. The number of ether oxygens (including phenoxy) is 4. The Hall–Kier alpha value is -3.43. The first-order chi connectivity index (χ1) is 17.4. The van der Waals surface area contributed by atoms with Crippen LogP contribution in [0.25, 0.3) is 0 Å². The first-order valence-corrected chi connectivity index (χ1v) is 12.0. The number of rotatable bonds is 11. The molecule has 1 aliphatic rings. The van der Waals surface area contributed by atoms with Gasteiger partial charge in [-0.2, -0.15) is 0 Å². The molecule has 2 aromatic carbocycles. The lowest BCUT2D eigenvalue weighted by Crippen LogP contribution is -2.50. The van der Waals surface area contributed by atoms with Gasteiger partial charge in [-0.15, -0.1) is 0 Å². The van der Waals surface area contributed by atoms with Crippen LogP contribution >= 0.6 is 0 Å². The fraction of sp³-hybridized carbons (Fsp3) is 0.444. The van der Waals surface area contributed by atoms with Gasteiger partial charge < -0.3 is 23.8 Å². The van der Waals surface area contributed by atoms with Crippen molar-refractivity contribution < 1.29 is 33.3 Å². The summed E-state index contributed by atoms with van der Waals surface area (Å²) < 4.78 is 21.4. The molecular weight excluding hydrogens is 464 g/mol. The van der Waals surface area contributed by atoms with Crippen LogP contribution in [0, 0.1) is 0 Å². The standard InChI is InChI=1S/C27H34N2O7/c1-4-35-26(31)17-25(30)29-14-12-28(13-15-29)18-24(22-6-5-7-23(16-22)33-2)36-19-20-8-10-21(11-9-20)27(32)34-3/h5-11,16,24H,4,12-15,17-19H2,1-3H3. The molecule has 1 amide bonds. The molecule has 1 heterocycles. The number of hydrogen-bond acceptors (Lipinski definition) is 8. The number of benzene rings is 2. The lowest BCUT2D eigenvalue weighted by Gasteiger charge is -2.36. The van der Waals surface area contributed by atoms with E-state index < -0.39 is 5.97 Å². The lowest BCUT2D eigenvalue weighted by atomic mass is 10.1. The van der Waals surface area contributed by atoms with E-state index >= 15 is 0 Å². The Balaban J connectivity index is 1.62. The molecule has 0 N–H and O–H groups in total. The number of piperazine rings is 1. The number of carbonyl (C=O) groups excluding carboxylic acids is 3. The zero-order valence-corrected chi connectivity index (χ0v) is 21.1. The second-order valence-electron chi connectivity index (χ2n) is 8.43. The van der Waals surface area contributed by atoms with Crippen LogP contribution < -0.4 is 4.74 Å². The van der Waals surface area contributed by atoms with E-state index in [0.29, 0.717) is 44.9 Å². The average molecular weight is 499 g/mol. The predicted molar refractivity (Wildman–Crippen MR) is 133 cm³/mol. The van der Waals surface area contributed by atoms with Crippen LogP contribution in [-0.4, -0.2) is 81.2 Å². The molecule has 1 saturated heterocycles. The third kappa shape index (κ3) is 7.79. The minimum atomic E-state index is -0.490. The topological polar surface area (TPSA) is 94.6 Å². The quantitative estimate of drug-likeness (QED) is 0.345. The van der Waals surface area contributed by atoms with Crippen LogP contribution in [0.3, 0.4) is 0 Å². The lowest BCUT2D eigenvalue weighted by molar-refractivity contribution is -0.149. The summed E-state index contributed by atoms with van der Waals surface area (Å²) in [4.78, 5) is 39.7. The highest BCUT2D eigenvalue weighted by Gasteiger charge is 2.26. The maximum absolute atomic E-state index is 12.4. The Morgan fingerprint density at radius 1 is 0.972 bits per heavy atom. The van der Waals surface area contributed by atoms with Gasteiger partial charge in [0.15, 0.2) is 0 Å². The van der Waals surface area contributed by atoms with E-state index in [1.54, 1.807) is 31.1 Å². The van der Waals surface area contributed by atoms with Crippen molar-refractivity contribution in [2.45, 2.75) is 26.1 Å². The van der Waals surface area contributed by atoms with E-state index in [1.165, 1.54) is 7.11 Å². The summed E-state index contributed by atoms with van der Waals surface area (Å²) in [6.45, 7) is 5.41. The molecule has 2 aromatic rings. The Bertz CT molecular complexity index is 1020. The molecule has 9 heteroatoms. The minimum Gasteiger partial charge on any atom is -0.497 e. The molecule has 0 radical (unpaired) electrons. The van der Waals surface area contributed by atoms with E-state index in [-0.39, 0.29) is 31.0 Å². The highest BCUT2D eigenvalue weighted by Crippen LogP contribution is 2.25. The van der Waals surface area contributed by atoms with Crippen molar-refractivity contribution >= 4 is 17.8 Å². The molecule has 1 unspecified atom stereocenters. The van der Waals surface area contributed by atoms with Gasteiger partial charge in [0.25, 0.3) is 0 Å². The van der Waals surface area contributed by atoms with Gasteiger partial charge in [-0.05, 0) is 42.3 Å². The Morgan fingerprint density at radius 2 is 1.69 bits per heavy atom. The fourth-order valence-corrected chi connectivity index (χ4v) is 4.01. The molecule has 1 fully saturated rings. The highest BCUT2D eigenvalue weighted by molar-refractivity contribution is 5.94. The number of nitrogens with zero attached hydrogens (tertiary/aromatic N) is 2. The monoisotopic (exact) mass is 498 g/mol. The van der Waals surface area contributed by atoms with Crippen molar-refractivity contribution in [3.05, 3.63) is 65.2 Å². The third-order valence-corrected chi connectivity index (χ3v) is 6.04. The van der Waals surface area contributed by atoms with Crippen molar-refractivity contribution in [1.29, 1.82) is 0 Å². The van der Waals surface area contributed by atoms with E-state index in [9.17, 15) is 14.4 Å². The van der Waals surface area contributed by atoms with Gasteiger partial charge in [-0.1, -0.05) is 24.3 Å². The number of carbonyl (C=O) groups is 3. The maximum atomic E-state index is 12.4. The van der Waals surface area contributed by atoms with Crippen LogP contribution in [0.2, 0.25) is 0 Å². The van der Waals surface area contributed by atoms with Crippen molar-refractivity contribution in [3.8, 4) is 5.75 Å². The molecule has 1 aliphatic heterocycles. The van der Waals surface area contributed by atoms with Gasteiger partial charge >= 0.3 is 11.9 Å². The molecule has 0 spiro atoms. The normalized spacial score (nSPS) is 14.7. The first kappa shape index (κ1) is 27.2. The van der Waals surface area contributed by atoms with Crippen molar-refractivity contribution in [1.82, 2.24) is 9.80 Å². The summed E-state index contributed by atoms with van der Waals surface area (Å²) in [5.41, 5.74) is 2.41. The zero-order valence-electron chi connectivity index (χ0n) is 21.1. The molecule has 9 nitrogen and oxygen atoms in total. The largest absolute Gasteiger partial charge is 0.497 e. The van der Waals surface area contributed by atoms with Gasteiger partial charge in [0, 0.05) is 32.7 Å². The molecule has 3 rings (SSSR count). The SMILES string of the molecule is CCOC(=O)CC(=O)N1CCN(CC(OCc2ccc(C(=O)OC)cc2)c2cccc(OC)c2)CC1. The maximum Gasteiger partial charge on any atom is 0.337 e. The molecule has 36 heavy (non-hydrogen) atoms. The van der Waals surface area contributed by atoms with Gasteiger partial charge in [0.05, 0.1) is 39.1 Å². The second-order valence-corrected chi connectivity index (χ2v) is 8.43. The van der Waals surface area contributed by atoms with E-state index in [0.717, 1.165) is 16.9 Å². The van der Waals surface area contributed by atoms with Crippen molar-refractivity contribution in [3.63, 3.8) is 0 Å². The predicted octanol–water partition coefficient (Wildman–Crippen LogP) is 2.84. The molecule has 194 valence electrons. The third-order valence-electron chi connectivity index (χ3n) is 6.04. The molecular formula is C27H34N2O7. The smallest absolute Gasteiger partial charge is 0.337 e. The first-order valence-electron chi connectivity index (χ1n) is 12.0. The summed E-state index contributed by atoms with van der Waals surface area (Å²) in [6, 6.07) is 14.9. The number of amides is 1. The summed E-state index contributed by atoms with van der Waals surface area (Å²) in [5.74, 6) is -0.324. The van der Waals surface area contributed by atoms with Crippen LogP contribution in [0.1, 0.15) is 40.9 Å². The van der Waals surface area contributed by atoms with Crippen molar-refractivity contribution in [2.75, 3.05) is 53.6 Å². The molecule has 0 aliphatic carbocycles. The number of methoxy groups -OCH3 is 2. The van der Waals surface area contributed by atoms with Gasteiger partial charge in [-0.25, -0.2) is 4.79 Å². The van der Waals surface area contributed by atoms with Crippen LogP contribution in [0.15, 0.2) is 48.5 Å². The van der Waals surface area contributed by atoms with Crippen molar-refractivity contribution in [2.24, 2.45) is 0 Å². The summed E-state index contributed by atoms with van der Waals surface area (Å²) in [5, 5.41) is 0. The summed E-state index contributed by atoms with van der Waals surface area (Å²) in [7, 11) is 2.98. The van der Waals surface area contributed by atoms with Crippen LogP contribution in [0.4, 0.5) is 0 Å². The van der Waals surface area contributed by atoms with Gasteiger partial charge in [-0.3, -0.25) is 14.5 Å². The van der Waals surface area contributed by atoms with Gasteiger partial charge in [0.2, 0.25) is 5.91 Å². The van der Waals surface area contributed by atoms with Gasteiger partial charge in [0.1, 0.15) is 12.2 Å². The molecule has 1 atom stereocenters. The second kappa shape index (κ2) is 13.6. The molecule has 0 saturated carbocycles. The van der Waals surface area contributed by atoms with E-state index in [2.05, 4.69) is 4.90 Å². The minimum absolute atomic E-state index is 0.205. The Kier molecular flexibility index (Phi) is 10.3. The molecule has 0 aromatic heterocycles. The Labute approximate surface area is 211 Å². The van der Waals surface area contributed by atoms with E-state index in [1.807, 2.05) is 36.4 Å². The number of esters is 2. The summed E-state index contributed by atoms with van der Waals surface area (Å²) in [6.07, 6.45) is -0.458. The van der Waals surface area contributed by atoms with Crippen LogP contribution in [0.5, 0.6) is 5.75 Å². The molecule has 0 bridgehead atoms. The van der Waals surface area contributed by atoms with Crippen LogP contribution in [-0.2, 0) is 30.4 Å². The Morgan fingerprint density at radius 3 is 2.33 bits per heavy atom. The highest BCUT2D eigenvalue weighted by atomic mass is 16.5. The summed E-state index contributed by atoms with van der Waals surface area (Å²) >= 11 is 0. The van der Waals surface area contributed by atoms with E-state index in [4.69, 9.17) is 18.9 Å².